The summed E-state index contributed by atoms with van der Waals surface area (Å²) < 4.78 is 1.26. The number of hydrogen-bond acceptors (Lipinski definition) is 4. The smallest absolute Gasteiger partial charge is 0.183 e. The van der Waals surface area contributed by atoms with Crippen molar-refractivity contribution >= 4 is 26.7 Å². The molecule has 1 aromatic heterocycles. The number of hydrogen-bond donors (Lipinski definition) is 1. The van der Waals surface area contributed by atoms with E-state index in [9.17, 15) is 0 Å². The number of aryl methyl sites for hydroxylation is 1. The van der Waals surface area contributed by atoms with E-state index in [2.05, 4.69) is 54.4 Å². The molecule has 0 bridgehead atoms. The van der Waals surface area contributed by atoms with Gasteiger partial charge < -0.3 is 10.2 Å². The molecule has 0 unspecified atom stereocenters. The number of likely N-dealkylation sites (N-methyl/N-ethyl adjacent to an activating group) is 1. The SMILES string of the molecule is Cc1cccc2sc(NCCN(C)C)nc12. The van der Waals surface area contributed by atoms with Crippen molar-refractivity contribution < 1.29 is 0 Å². The van der Waals surface area contributed by atoms with E-state index >= 15 is 0 Å². The highest BCUT2D eigenvalue weighted by atomic mass is 32.1. The van der Waals surface area contributed by atoms with Gasteiger partial charge >= 0.3 is 0 Å². The molecule has 2 aromatic rings. The van der Waals surface area contributed by atoms with E-state index < -0.39 is 0 Å². The van der Waals surface area contributed by atoms with Crippen LogP contribution in [0, 0.1) is 6.92 Å². The normalized spacial score (nSPS) is 11.2. The lowest BCUT2D eigenvalue weighted by molar-refractivity contribution is 0.425. The fourth-order valence-corrected chi connectivity index (χ4v) is 2.52. The van der Waals surface area contributed by atoms with Gasteiger partial charge in [0.15, 0.2) is 5.13 Å². The Balaban J connectivity index is 2.11. The van der Waals surface area contributed by atoms with Gasteiger partial charge in [0, 0.05) is 13.1 Å². The number of fused-ring (bicyclic) bond motifs is 1. The lowest BCUT2D eigenvalue weighted by Gasteiger charge is -2.08. The van der Waals surface area contributed by atoms with Gasteiger partial charge in [-0.25, -0.2) is 4.98 Å². The summed E-state index contributed by atoms with van der Waals surface area (Å²) in [5.41, 5.74) is 2.37. The van der Waals surface area contributed by atoms with E-state index in [0.717, 1.165) is 23.7 Å². The van der Waals surface area contributed by atoms with Crippen LogP contribution < -0.4 is 5.32 Å². The van der Waals surface area contributed by atoms with E-state index in [-0.39, 0.29) is 0 Å². The minimum atomic E-state index is 0.936. The fourth-order valence-electron chi connectivity index (χ4n) is 1.55. The first-order valence-electron chi connectivity index (χ1n) is 5.41. The van der Waals surface area contributed by atoms with E-state index in [1.807, 2.05) is 0 Å². The molecule has 0 saturated heterocycles. The fraction of sp³-hybridized carbons (Fsp3) is 0.417. The van der Waals surface area contributed by atoms with Crippen LogP contribution >= 0.6 is 11.3 Å². The molecular formula is C12H17N3S. The van der Waals surface area contributed by atoms with E-state index in [0.29, 0.717) is 0 Å². The molecule has 16 heavy (non-hydrogen) atoms. The summed E-state index contributed by atoms with van der Waals surface area (Å²) in [6.45, 7) is 4.06. The van der Waals surface area contributed by atoms with Gasteiger partial charge in [-0.05, 0) is 32.6 Å². The molecule has 3 nitrogen and oxygen atoms in total. The van der Waals surface area contributed by atoms with Crippen LogP contribution in [0.25, 0.3) is 10.2 Å². The van der Waals surface area contributed by atoms with Crippen molar-refractivity contribution in [2.45, 2.75) is 6.92 Å². The van der Waals surface area contributed by atoms with Gasteiger partial charge in [-0.3, -0.25) is 0 Å². The number of benzene rings is 1. The average molecular weight is 235 g/mol. The lowest BCUT2D eigenvalue weighted by atomic mass is 10.2. The number of rotatable bonds is 4. The van der Waals surface area contributed by atoms with Crippen LogP contribution in [0.2, 0.25) is 0 Å². The number of nitrogens with one attached hydrogen (secondary N) is 1. The second-order valence-electron chi connectivity index (χ2n) is 4.17. The summed E-state index contributed by atoms with van der Waals surface area (Å²) in [5.74, 6) is 0. The molecule has 0 aliphatic rings. The predicted molar refractivity (Wildman–Crippen MR) is 71.4 cm³/mol. The van der Waals surface area contributed by atoms with Crippen LogP contribution in [0.1, 0.15) is 5.56 Å². The lowest BCUT2D eigenvalue weighted by Crippen LogP contribution is -2.20. The Morgan fingerprint density at radius 1 is 1.38 bits per heavy atom. The Labute approximate surface area is 100 Å². The van der Waals surface area contributed by atoms with Crippen molar-refractivity contribution in [2.24, 2.45) is 0 Å². The second-order valence-corrected chi connectivity index (χ2v) is 5.20. The van der Waals surface area contributed by atoms with Crippen molar-refractivity contribution in [1.82, 2.24) is 9.88 Å². The molecule has 0 atom stereocenters. The average Bonchev–Trinajstić information content (AvgIpc) is 2.61. The first-order valence-corrected chi connectivity index (χ1v) is 6.23. The Bertz CT molecular complexity index is 476. The summed E-state index contributed by atoms with van der Waals surface area (Å²) in [5, 5.41) is 4.38. The molecule has 0 amide bonds. The summed E-state index contributed by atoms with van der Waals surface area (Å²) in [4.78, 5) is 6.76. The zero-order valence-corrected chi connectivity index (χ0v) is 10.8. The Kier molecular flexibility index (Phi) is 3.41. The van der Waals surface area contributed by atoms with Crippen LogP contribution in [-0.4, -0.2) is 37.1 Å². The van der Waals surface area contributed by atoms with Crippen molar-refractivity contribution in [3.63, 3.8) is 0 Å². The standard InChI is InChI=1S/C12H17N3S/c1-9-5-4-6-10-11(9)14-12(16-10)13-7-8-15(2)3/h4-6H,7-8H2,1-3H3,(H,13,14). The third-order valence-corrected chi connectivity index (χ3v) is 3.43. The van der Waals surface area contributed by atoms with E-state index in [1.54, 1.807) is 11.3 Å². The van der Waals surface area contributed by atoms with Gasteiger partial charge in [-0.1, -0.05) is 23.5 Å². The van der Waals surface area contributed by atoms with Crippen molar-refractivity contribution in [3.8, 4) is 0 Å². The maximum atomic E-state index is 4.60. The molecule has 0 aliphatic heterocycles. The summed E-state index contributed by atoms with van der Waals surface area (Å²) in [7, 11) is 4.15. The molecule has 1 N–H and O–H groups in total. The number of para-hydroxylation sites is 1. The molecular weight excluding hydrogens is 218 g/mol. The van der Waals surface area contributed by atoms with Crippen molar-refractivity contribution in [3.05, 3.63) is 23.8 Å². The molecule has 0 fully saturated rings. The van der Waals surface area contributed by atoms with Crippen LogP contribution in [0.4, 0.5) is 5.13 Å². The zero-order valence-electron chi connectivity index (χ0n) is 9.95. The van der Waals surface area contributed by atoms with Crippen LogP contribution in [0.5, 0.6) is 0 Å². The molecule has 2 rings (SSSR count). The Morgan fingerprint density at radius 2 is 2.19 bits per heavy atom. The largest absolute Gasteiger partial charge is 0.360 e. The van der Waals surface area contributed by atoms with Gasteiger partial charge in [0.05, 0.1) is 10.2 Å². The maximum Gasteiger partial charge on any atom is 0.183 e. The molecule has 0 aliphatic carbocycles. The van der Waals surface area contributed by atoms with Gasteiger partial charge in [0.1, 0.15) is 0 Å². The van der Waals surface area contributed by atoms with Crippen LogP contribution in [-0.2, 0) is 0 Å². The first kappa shape index (κ1) is 11.4. The molecule has 0 spiro atoms. The highest BCUT2D eigenvalue weighted by Crippen LogP contribution is 2.27. The second kappa shape index (κ2) is 4.80. The molecule has 1 heterocycles. The van der Waals surface area contributed by atoms with Gasteiger partial charge in [-0.2, -0.15) is 0 Å². The number of anilines is 1. The summed E-state index contributed by atoms with van der Waals surface area (Å²) in [6.07, 6.45) is 0. The zero-order chi connectivity index (χ0) is 11.5. The van der Waals surface area contributed by atoms with Crippen LogP contribution in [0.3, 0.4) is 0 Å². The number of thiazole rings is 1. The highest BCUT2D eigenvalue weighted by molar-refractivity contribution is 7.22. The number of aromatic nitrogens is 1. The highest BCUT2D eigenvalue weighted by Gasteiger charge is 2.04. The Morgan fingerprint density at radius 3 is 2.88 bits per heavy atom. The predicted octanol–water partition coefficient (Wildman–Crippen LogP) is 2.58. The molecule has 0 saturated carbocycles. The van der Waals surface area contributed by atoms with Crippen molar-refractivity contribution in [2.75, 3.05) is 32.5 Å². The molecule has 0 radical (unpaired) electrons. The van der Waals surface area contributed by atoms with E-state index in [1.165, 1.54) is 10.3 Å². The van der Waals surface area contributed by atoms with Gasteiger partial charge in [0.2, 0.25) is 0 Å². The first-order chi connectivity index (χ1) is 7.66. The molecule has 1 aromatic carbocycles. The molecule has 4 heteroatoms. The van der Waals surface area contributed by atoms with E-state index in [4.69, 9.17) is 0 Å². The van der Waals surface area contributed by atoms with Crippen molar-refractivity contribution in [1.29, 1.82) is 0 Å². The quantitative estimate of drug-likeness (QED) is 0.883. The third-order valence-electron chi connectivity index (χ3n) is 2.46. The third kappa shape index (κ3) is 2.51. The number of nitrogens with zero attached hydrogens (tertiary/aromatic N) is 2. The summed E-state index contributed by atoms with van der Waals surface area (Å²) in [6, 6.07) is 6.31. The van der Waals surface area contributed by atoms with Crippen LogP contribution in [0.15, 0.2) is 18.2 Å². The summed E-state index contributed by atoms with van der Waals surface area (Å²) >= 11 is 1.72. The van der Waals surface area contributed by atoms with Gasteiger partial charge in [-0.15, -0.1) is 0 Å². The minimum absolute atomic E-state index is 0.936. The minimum Gasteiger partial charge on any atom is -0.360 e. The van der Waals surface area contributed by atoms with Gasteiger partial charge in [0.25, 0.3) is 0 Å². The maximum absolute atomic E-state index is 4.60. The topological polar surface area (TPSA) is 28.2 Å². The Hall–Kier alpha value is -1.13. The monoisotopic (exact) mass is 235 g/mol. The molecule has 86 valence electrons.